The Kier molecular flexibility index (Phi) is 7.89. The Morgan fingerprint density at radius 1 is 1.33 bits per heavy atom. The van der Waals surface area contributed by atoms with Gasteiger partial charge in [-0.3, -0.25) is 9.48 Å². The second-order valence-electron chi connectivity index (χ2n) is 7.19. The van der Waals surface area contributed by atoms with Crippen LogP contribution < -0.4 is 5.32 Å². The predicted octanol–water partition coefficient (Wildman–Crippen LogP) is 1.87. The van der Waals surface area contributed by atoms with Gasteiger partial charge in [0.2, 0.25) is 0 Å². The molecule has 1 N–H and O–H groups in total. The lowest BCUT2D eigenvalue weighted by Gasteiger charge is -2.10. The van der Waals surface area contributed by atoms with Crippen molar-refractivity contribution in [2.75, 3.05) is 26.4 Å². The van der Waals surface area contributed by atoms with Crippen LogP contribution in [0.25, 0.3) is 0 Å². The fourth-order valence-electron chi connectivity index (χ4n) is 3.48. The third-order valence-electron chi connectivity index (χ3n) is 5.02. The summed E-state index contributed by atoms with van der Waals surface area (Å²) in [4.78, 5) is 25.0. The summed E-state index contributed by atoms with van der Waals surface area (Å²) >= 11 is 0. The van der Waals surface area contributed by atoms with Crippen LogP contribution in [0.15, 0.2) is 12.3 Å². The summed E-state index contributed by atoms with van der Waals surface area (Å²) in [7, 11) is 0. The van der Waals surface area contributed by atoms with Crippen molar-refractivity contribution in [2.45, 2.75) is 52.5 Å². The maximum absolute atomic E-state index is 12.8. The molecule has 2 aromatic heterocycles. The van der Waals surface area contributed by atoms with E-state index in [1.807, 2.05) is 11.6 Å². The molecule has 0 aromatic carbocycles. The maximum atomic E-state index is 12.8. The highest BCUT2D eigenvalue weighted by atomic mass is 16.5. The first-order valence-corrected chi connectivity index (χ1v) is 10.5. The van der Waals surface area contributed by atoms with Crippen LogP contribution in [0.3, 0.4) is 0 Å². The number of aryl methyl sites for hydroxylation is 3. The highest BCUT2D eigenvalue weighted by Crippen LogP contribution is 2.19. The van der Waals surface area contributed by atoms with Gasteiger partial charge in [-0.05, 0) is 38.7 Å². The second-order valence-corrected chi connectivity index (χ2v) is 7.19. The summed E-state index contributed by atoms with van der Waals surface area (Å²) in [5, 5.41) is 15.3. The van der Waals surface area contributed by atoms with Gasteiger partial charge in [0, 0.05) is 32.7 Å². The van der Waals surface area contributed by atoms with Crippen LogP contribution in [0.5, 0.6) is 0 Å². The first-order valence-electron chi connectivity index (χ1n) is 10.5. The fraction of sp³-hybridized carbons (Fsp3) is 0.571. The number of hydrogen-bond donors (Lipinski definition) is 1. The summed E-state index contributed by atoms with van der Waals surface area (Å²) in [5.74, 6) is -0.477. The van der Waals surface area contributed by atoms with Crippen LogP contribution in [0.1, 0.15) is 64.0 Å². The molecular weight excluding hydrogens is 386 g/mol. The summed E-state index contributed by atoms with van der Waals surface area (Å²) in [6.45, 7) is 6.45. The van der Waals surface area contributed by atoms with Gasteiger partial charge in [-0.2, -0.15) is 15.3 Å². The number of ether oxygens (including phenoxy) is 2. The number of nitrogens with zero attached hydrogens (tertiary/aromatic N) is 4. The lowest BCUT2D eigenvalue weighted by atomic mass is 10.1. The van der Waals surface area contributed by atoms with Crippen LogP contribution in [-0.4, -0.2) is 58.2 Å². The first-order chi connectivity index (χ1) is 14.6. The largest absolute Gasteiger partial charge is 0.462 e. The lowest BCUT2D eigenvalue weighted by Crippen LogP contribution is -2.26. The number of esters is 1. The molecule has 1 aliphatic rings. The van der Waals surface area contributed by atoms with Gasteiger partial charge in [-0.25, -0.2) is 4.79 Å². The highest BCUT2D eigenvalue weighted by Gasteiger charge is 2.23. The van der Waals surface area contributed by atoms with E-state index < -0.39 is 5.97 Å². The molecule has 30 heavy (non-hydrogen) atoms. The minimum absolute atomic E-state index is 0.0675. The zero-order chi connectivity index (χ0) is 21.3. The molecule has 0 radical (unpaired) electrons. The Morgan fingerprint density at radius 3 is 2.97 bits per heavy atom. The summed E-state index contributed by atoms with van der Waals surface area (Å²) in [6.07, 6.45) is 5.10. The SMILES string of the molecule is CCc1nn(CCCOC(=O)c2ccnnc2C)c2c1C(=O)NCCCOCCC2. The number of carbonyl (C=O) groups excluding carboxylic acids is 2. The fourth-order valence-corrected chi connectivity index (χ4v) is 3.48. The van der Waals surface area contributed by atoms with Gasteiger partial charge in [0.15, 0.2) is 0 Å². The van der Waals surface area contributed by atoms with Gasteiger partial charge in [0.05, 0.1) is 41.0 Å². The molecule has 0 fully saturated rings. The molecule has 0 atom stereocenters. The summed E-state index contributed by atoms with van der Waals surface area (Å²) in [5.41, 5.74) is 3.38. The molecule has 2 aromatic rings. The van der Waals surface area contributed by atoms with Crippen LogP contribution in [0, 0.1) is 6.92 Å². The Hall–Kier alpha value is -2.81. The standard InChI is InChI=1S/C21H29N5O4/c1-3-17-19-18(7-4-12-29-13-5-9-22-20(19)27)26(25-17)11-6-14-30-21(28)16-8-10-23-24-15(16)2/h8,10H,3-7,9,11-14H2,1-2H3,(H,22,27). The number of nitrogens with one attached hydrogen (secondary N) is 1. The number of fused-ring (bicyclic) bond motifs is 1. The van der Waals surface area contributed by atoms with E-state index in [-0.39, 0.29) is 12.5 Å². The van der Waals surface area contributed by atoms with E-state index >= 15 is 0 Å². The molecule has 3 heterocycles. The van der Waals surface area contributed by atoms with Crippen molar-refractivity contribution in [1.29, 1.82) is 0 Å². The molecular formula is C21H29N5O4. The maximum Gasteiger partial charge on any atom is 0.340 e. The van der Waals surface area contributed by atoms with Gasteiger partial charge in [-0.1, -0.05) is 6.92 Å². The summed E-state index contributed by atoms with van der Waals surface area (Å²) in [6, 6.07) is 1.60. The molecule has 9 heteroatoms. The van der Waals surface area contributed by atoms with Gasteiger partial charge in [0.25, 0.3) is 5.91 Å². The van der Waals surface area contributed by atoms with Crippen molar-refractivity contribution < 1.29 is 19.1 Å². The highest BCUT2D eigenvalue weighted by molar-refractivity contribution is 5.96. The topological polar surface area (TPSA) is 108 Å². The molecule has 1 aliphatic heterocycles. The van der Waals surface area contributed by atoms with Crippen molar-refractivity contribution in [1.82, 2.24) is 25.3 Å². The quantitative estimate of drug-likeness (QED) is 0.567. The molecule has 0 saturated carbocycles. The number of carbonyl (C=O) groups is 2. The minimum atomic E-state index is -0.409. The third-order valence-corrected chi connectivity index (χ3v) is 5.02. The Balaban J connectivity index is 1.66. The average Bonchev–Trinajstić information content (AvgIpc) is 3.08. The molecule has 0 aliphatic carbocycles. The van der Waals surface area contributed by atoms with E-state index in [1.165, 1.54) is 6.20 Å². The zero-order valence-corrected chi connectivity index (χ0v) is 17.6. The Labute approximate surface area is 176 Å². The molecule has 1 amide bonds. The summed E-state index contributed by atoms with van der Waals surface area (Å²) < 4.78 is 12.9. The zero-order valence-electron chi connectivity index (χ0n) is 17.6. The number of aromatic nitrogens is 4. The Morgan fingerprint density at radius 2 is 2.17 bits per heavy atom. The van der Waals surface area contributed by atoms with Gasteiger partial charge >= 0.3 is 5.97 Å². The molecule has 162 valence electrons. The molecule has 0 bridgehead atoms. The van der Waals surface area contributed by atoms with E-state index in [0.717, 1.165) is 30.7 Å². The average molecular weight is 415 g/mol. The van der Waals surface area contributed by atoms with Gasteiger partial charge in [0.1, 0.15) is 0 Å². The van der Waals surface area contributed by atoms with Crippen molar-refractivity contribution in [2.24, 2.45) is 0 Å². The normalized spacial score (nSPS) is 15.1. The van der Waals surface area contributed by atoms with Crippen molar-refractivity contribution >= 4 is 11.9 Å². The van der Waals surface area contributed by atoms with E-state index in [0.29, 0.717) is 56.0 Å². The second kappa shape index (κ2) is 10.8. The lowest BCUT2D eigenvalue weighted by molar-refractivity contribution is 0.0492. The molecule has 9 nitrogen and oxygen atoms in total. The van der Waals surface area contributed by atoms with E-state index in [2.05, 4.69) is 20.6 Å². The smallest absolute Gasteiger partial charge is 0.340 e. The molecule has 0 spiro atoms. The molecule has 3 rings (SSSR count). The Bertz CT molecular complexity index is 880. The van der Waals surface area contributed by atoms with Crippen molar-refractivity contribution in [3.63, 3.8) is 0 Å². The van der Waals surface area contributed by atoms with E-state index in [4.69, 9.17) is 9.47 Å². The van der Waals surface area contributed by atoms with Gasteiger partial charge in [-0.15, -0.1) is 0 Å². The van der Waals surface area contributed by atoms with Gasteiger partial charge < -0.3 is 14.8 Å². The molecule has 0 saturated heterocycles. The monoisotopic (exact) mass is 415 g/mol. The van der Waals surface area contributed by atoms with Crippen LogP contribution in [0.4, 0.5) is 0 Å². The number of amides is 1. The van der Waals surface area contributed by atoms with E-state index in [9.17, 15) is 9.59 Å². The number of rotatable bonds is 6. The third kappa shape index (κ3) is 5.41. The first kappa shape index (κ1) is 21.9. The van der Waals surface area contributed by atoms with Crippen LogP contribution in [-0.2, 0) is 28.9 Å². The minimum Gasteiger partial charge on any atom is -0.462 e. The van der Waals surface area contributed by atoms with Crippen molar-refractivity contribution in [3.8, 4) is 0 Å². The number of hydrogen-bond acceptors (Lipinski definition) is 7. The van der Waals surface area contributed by atoms with Crippen LogP contribution in [0.2, 0.25) is 0 Å². The molecule has 0 unspecified atom stereocenters. The van der Waals surface area contributed by atoms with Crippen LogP contribution >= 0.6 is 0 Å². The van der Waals surface area contributed by atoms with E-state index in [1.54, 1.807) is 13.0 Å². The van der Waals surface area contributed by atoms with Crippen molar-refractivity contribution in [3.05, 3.63) is 40.5 Å². The predicted molar refractivity (Wildman–Crippen MR) is 109 cm³/mol.